The largest absolute Gasteiger partial charge is 0.392 e. The molecule has 0 aliphatic heterocycles. The molecule has 1 aromatic heterocycles. The first kappa shape index (κ1) is 8.10. The number of rotatable bonds is 2. The second-order valence-corrected chi connectivity index (χ2v) is 2.47. The summed E-state index contributed by atoms with van der Waals surface area (Å²) < 4.78 is 0. The van der Waals surface area contributed by atoms with Crippen LogP contribution in [0.3, 0.4) is 0 Å². The van der Waals surface area contributed by atoms with Crippen LogP contribution in [0.25, 0.3) is 0 Å². The van der Waals surface area contributed by atoms with Crippen LogP contribution in [0.5, 0.6) is 0 Å². The first-order valence-corrected chi connectivity index (χ1v) is 3.51. The fraction of sp³-hybridized carbons (Fsp3) is 0.143. The SMILES string of the molecule is NC(=S)c1ncccc1CO. The lowest BCUT2D eigenvalue weighted by Gasteiger charge is -2.01. The number of aliphatic hydroxyl groups is 1. The van der Waals surface area contributed by atoms with Crippen LogP contribution >= 0.6 is 12.2 Å². The number of nitrogens with zero attached hydrogens (tertiary/aromatic N) is 1. The van der Waals surface area contributed by atoms with Crippen molar-refractivity contribution in [2.75, 3.05) is 0 Å². The highest BCUT2D eigenvalue weighted by atomic mass is 32.1. The van der Waals surface area contributed by atoms with E-state index in [-0.39, 0.29) is 11.6 Å². The summed E-state index contributed by atoms with van der Waals surface area (Å²) in [5.41, 5.74) is 6.52. The highest BCUT2D eigenvalue weighted by Gasteiger charge is 2.02. The molecule has 58 valence electrons. The van der Waals surface area contributed by atoms with E-state index >= 15 is 0 Å². The van der Waals surface area contributed by atoms with Crippen LogP contribution in [-0.2, 0) is 6.61 Å². The number of nitrogens with two attached hydrogens (primary N) is 1. The zero-order chi connectivity index (χ0) is 8.27. The summed E-state index contributed by atoms with van der Waals surface area (Å²) in [5.74, 6) is 0. The molecule has 0 saturated heterocycles. The van der Waals surface area contributed by atoms with E-state index in [1.807, 2.05) is 0 Å². The van der Waals surface area contributed by atoms with Crippen molar-refractivity contribution >= 4 is 17.2 Å². The van der Waals surface area contributed by atoms with E-state index < -0.39 is 0 Å². The minimum Gasteiger partial charge on any atom is -0.392 e. The summed E-state index contributed by atoms with van der Waals surface area (Å²) in [6.45, 7) is -0.0828. The molecular formula is C7H8N2OS. The third kappa shape index (κ3) is 1.72. The van der Waals surface area contributed by atoms with Crippen LogP contribution in [0.4, 0.5) is 0 Å². The average molecular weight is 168 g/mol. The number of hydrogen-bond acceptors (Lipinski definition) is 3. The second kappa shape index (κ2) is 3.41. The van der Waals surface area contributed by atoms with Gasteiger partial charge in [0.2, 0.25) is 0 Å². The van der Waals surface area contributed by atoms with E-state index in [0.717, 1.165) is 0 Å². The molecule has 0 radical (unpaired) electrons. The lowest BCUT2D eigenvalue weighted by molar-refractivity contribution is 0.281. The topological polar surface area (TPSA) is 59.1 Å². The second-order valence-electron chi connectivity index (χ2n) is 2.03. The van der Waals surface area contributed by atoms with Crippen LogP contribution in [0.15, 0.2) is 18.3 Å². The van der Waals surface area contributed by atoms with Gasteiger partial charge in [0.25, 0.3) is 0 Å². The number of aliphatic hydroxyl groups excluding tert-OH is 1. The minimum atomic E-state index is -0.0828. The monoisotopic (exact) mass is 168 g/mol. The van der Waals surface area contributed by atoms with Gasteiger partial charge in [-0.05, 0) is 6.07 Å². The van der Waals surface area contributed by atoms with Crippen LogP contribution < -0.4 is 5.73 Å². The van der Waals surface area contributed by atoms with Crippen LogP contribution in [0.1, 0.15) is 11.3 Å². The molecule has 0 atom stereocenters. The van der Waals surface area contributed by atoms with Gasteiger partial charge in [-0.1, -0.05) is 18.3 Å². The van der Waals surface area contributed by atoms with Crippen molar-refractivity contribution in [2.45, 2.75) is 6.61 Å². The number of hydrogen-bond donors (Lipinski definition) is 2. The highest BCUT2D eigenvalue weighted by molar-refractivity contribution is 7.80. The molecule has 0 aliphatic rings. The molecule has 1 rings (SSSR count). The summed E-state index contributed by atoms with van der Waals surface area (Å²) in [6.07, 6.45) is 1.59. The molecule has 0 bridgehead atoms. The molecule has 0 amide bonds. The third-order valence-electron chi connectivity index (χ3n) is 1.30. The Morgan fingerprint density at radius 2 is 2.45 bits per heavy atom. The van der Waals surface area contributed by atoms with Crippen molar-refractivity contribution in [3.63, 3.8) is 0 Å². The predicted molar refractivity (Wildman–Crippen MR) is 46.0 cm³/mol. The number of thiocarbonyl (C=S) groups is 1. The Morgan fingerprint density at radius 3 is 2.91 bits per heavy atom. The number of pyridine rings is 1. The third-order valence-corrected chi connectivity index (χ3v) is 1.49. The Kier molecular flexibility index (Phi) is 2.51. The minimum absolute atomic E-state index is 0.0828. The molecule has 0 saturated carbocycles. The van der Waals surface area contributed by atoms with Crippen LogP contribution in [0.2, 0.25) is 0 Å². The standard InChI is InChI=1S/C7H8N2OS/c8-7(11)6-5(4-10)2-1-3-9-6/h1-3,10H,4H2,(H2,8,11). The van der Waals surface area contributed by atoms with Crippen LogP contribution in [0, 0.1) is 0 Å². The van der Waals surface area contributed by atoms with Crippen molar-refractivity contribution < 1.29 is 5.11 Å². The summed E-state index contributed by atoms with van der Waals surface area (Å²) in [5, 5.41) is 8.81. The van der Waals surface area contributed by atoms with Crippen molar-refractivity contribution in [1.29, 1.82) is 0 Å². The summed E-state index contributed by atoms with van der Waals surface area (Å²) in [7, 11) is 0. The Hall–Kier alpha value is -1.00. The van der Waals surface area contributed by atoms with E-state index in [4.69, 9.17) is 23.1 Å². The number of aromatic nitrogens is 1. The van der Waals surface area contributed by atoms with Crippen molar-refractivity contribution in [3.8, 4) is 0 Å². The zero-order valence-corrected chi connectivity index (χ0v) is 6.64. The summed E-state index contributed by atoms with van der Waals surface area (Å²) in [4.78, 5) is 4.14. The Balaban J connectivity index is 3.12. The van der Waals surface area contributed by atoms with Gasteiger partial charge in [0.15, 0.2) is 0 Å². The molecule has 0 fully saturated rings. The Morgan fingerprint density at radius 1 is 1.73 bits per heavy atom. The molecule has 3 nitrogen and oxygen atoms in total. The van der Waals surface area contributed by atoms with Gasteiger partial charge in [-0.25, -0.2) is 0 Å². The lowest BCUT2D eigenvalue weighted by atomic mass is 10.2. The molecule has 0 aliphatic carbocycles. The predicted octanol–water partition coefficient (Wildman–Crippen LogP) is 0.208. The molecule has 1 aromatic rings. The van der Waals surface area contributed by atoms with Crippen molar-refractivity contribution in [2.24, 2.45) is 5.73 Å². The first-order chi connectivity index (χ1) is 5.25. The van der Waals surface area contributed by atoms with Crippen LogP contribution in [-0.4, -0.2) is 15.1 Å². The van der Waals surface area contributed by atoms with Crippen molar-refractivity contribution in [3.05, 3.63) is 29.6 Å². The quantitative estimate of drug-likeness (QED) is 0.620. The molecule has 3 N–H and O–H groups in total. The summed E-state index contributed by atoms with van der Waals surface area (Å²) in [6, 6.07) is 3.47. The van der Waals surface area contributed by atoms with Crippen molar-refractivity contribution in [1.82, 2.24) is 4.98 Å². The van der Waals surface area contributed by atoms with Gasteiger partial charge in [0.1, 0.15) is 10.7 Å². The van der Waals surface area contributed by atoms with E-state index in [9.17, 15) is 0 Å². The molecule has 1 heterocycles. The Bertz CT molecular complexity index is 275. The smallest absolute Gasteiger partial charge is 0.123 e. The van der Waals surface area contributed by atoms with Gasteiger partial charge in [0, 0.05) is 11.8 Å². The van der Waals surface area contributed by atoms with Gasteiger partial charge in [0.05, 0.1) is 6.61 Å². The average Bonchev–Trinajstić information content (AvgIpc) is 2.04. The normalized spacial score (nSPS) is 9.55. The maximum atomic E-state index is 8.81. The Labute approximate surface area is 69.9 Å². The molecule has 11 heavy (non-hydrogen) atoms. The zero-order valence-electron chi connectivity index (χ0n) is 5.82. The molecule has 0 spiro atoms. The molecular weight excluding hydrogens is 160 g/mol. The first-order valence-electron chi connectivity index (χ1n) is 3.10. The van der Waals surface area contributed by atoms with E-state index in [1.54, 1.807) is 18.3 Å². The maximum absolute atomic E-state index is 8.81. The lowest BCUT2D eigenvalue weighted by Crippen LogP contribution is -2.14. The molecule has 0 aromatic carbocycles. The van der Waals surface area contributed by atoms with E-state index in [1.165, 1.54) is 0 Å². The van der Waals surface area contributed by atoms with E-state index in [2.05, 4.69) is 4.98 Å². The highest BCUT2D eigenvalue weighted by Crippen LogP contribution is 2.03. The van der Waals surface area contributed by atoms with Gasteiger partial charge in [-0.15, -0.1) is 0 Å². The fourth-order valence-electron chi connectivity index (χ4n) is 0.788. The van der Waals surface area contributed by atoms with Gasteiger partial charge < -0.3 is 10.8 Å². The summed E-state index contributed by atoms with van der Waals surface area (Å²) >= 11 is 4.72. The van der Waals surface area contributed by atoms with E-state index in [0.29, 0.717) is 11.3 Å². The van der Waals surface area contributed by atoms with Gasteiger partial charge in [-0.3, -0.25) is 4.98 Å². The molecule has 4 heteroatoms. The maximum Gasteiger partial charge on any atom is 0.123 e. The van der Waals surface area contributed by atoms with Gasteiger partial charge >= 0.3 is 0 Å². The van der Waals surface area contributed by atoms with Gasteiger partial charge in [-0.2, -0.15) is 0 Å². The fourth-order valence-corrected chi connectivity index (χ4v) is 0.972. The molecule has 0 unspecified atom stereocenters.